The van der Waals surface area contributed by atoms with Crippen molar-refractivity contribution >= 4 is 28.0 Å². The molecule has 0 amide bonds. The first kappa shape index (κ1) is 24.9. The number of nitrogens with zero attached hydrogens (tertiary/aromatic N) is 3. The summed E-state index contributed by atoms with van der Waals surface area (Å²) >= 11 is 0. The highest BCUT2D eigenvalue weighted by Crippen LogP contribution is 2.34. The van der Waals surface area contributed by atoms with Gasteiger partial charge in [0.1, 0.15) is 18.1 Å². The number of alkyl halides is 3. The lowest BCUT2D eigenvalue weighted by molar-refractivity contribution is -0.146. The van der Waals surface area contributed by atoms with Gasteiger partial charge in [0.25, 0.3) is 0 Å². The Balaban J connectivity index is 1.48. The van der Waals surface area contributed by atoms with E-state index in [1.807, 2.05) is 42.5 Å². The summed E-state index contributed by atoms with van der Waals surface area (Å²) in [6.07, 6.45) is -2.44. The van der Waals surface area contributed by atoms with E-state index in [0.29, 0.717) is 50.9 Å². The van der Waals surface area contributed by atoms with Crippen molar-refractivity contribution in [3.05, 3.63) is 48.7 Å². The monoisotopic (exact) mass is 490 g/mol. The molecule has 35 heavy (non-hydrogen) atoms. The van der Waals surface area contributed by atoms with Crippen LogP contribution < -0.4 is 19.7 Å². The maximum Gasteiger partial charge on any atom is 0.401 e. The molecule has 2 heterocycles. The van der Waals surface area contributed by atoms with Crippen LogP contribution >= 0.6 is 0 Å². The number of anilines is 3. The quantitative estimate of drug-likeness (QED) is 0.437. The molecule has 1 aromatic heterocycles. The van der Waals surface area contributed by atoms with Crippen molar-refractivity contribution in [2.24, 2.45) is 0 Å². The van der Waals surface area contributed by atoms with Gasteiger partial charge < -0.3 is 24.4 Å². The van der Waals surface area contributed by atoms with Crippen LogP contribution in [0.25, 0.3) is 10.9 Å². The molecule has 3 aromatic rings. The summed E-state index contributed by atoms with van der Waals surface area (Å²) in [6, 6.07) is 13.4. The van der Waals surface area contributed by atoms with Crippen molar-refractivity contribution < 1.29 is 27.4 Å². The van der Waals surface area contributed by atoms with Crippen LogP contribution in [0.3, 0.4) is 0 Å². The molecule has 0 unspecified atom stereocenters. The number of halogens is 3. The summed E-state index contributed by atoms with van der Waals surface area (Å²) in [6.45, 7) is 1.90. The molecule has 0 bridgehead atoms. The molecule has 4 rings (SSSR count). The van der Waals surface area contributed by atoms with Crippen LogP contribution in [0.15, 0.2) is 48.7 Å². The molecule has 1 aliphatic rings. The standard InChI is InChI=1S/C25H29F3N4O3/c1-33-13-14-35-19-4-6-22(24(16-19)34-2)30-21-7-8-29-23-15-18(3-5-20(21)23)32-11-9-31(10-12-32)17-25(26,27)28/h3-8,15-16H,9-14,17H2,1-2H3,(H,29,30). The third-order valence-electron chi connectivity index (χ3n) is 5.87. The van der Waals surface area contributed by atoms with Gasteiger partial charge in [0.15, 0.2) is 0 Å². The minimum absolute atomic E-state index is 0.373. The largest absolute Gasteiger partial charge is 0.494 e. The summed E-state index contributed by atoms with van der Waals surface area (Å²) < 4.78 is 54.2. The molecule has 1 saturated heterocycles. The predicted octanol–water partition coefficient (Wildman–Crippen LogP) is 4.70. The molecule has 1 N–H and O–H groups in total. The van der Waals surface area contributed by atoms with E-state index in [1.165, 1.54) is 4.90 Å². The van der Waals surface area contributed by atoms with Gasteiger partial charge in [0, 0.05) is 62.3 Å². The van der Waals surface area contributed by atoms with E-state index in [2.05, 4.69) is 15.2 Å². The molecule has 188 valence electrons. The second-order valence-corrected chi connectivity index (χ2v) is 8.27. The molecule has 1 aliphatic heterocycles. The number of methoxy groups -OCH3 is 2. The molecular formula is C25H29F3N4O3. The van der Waals surface area contributed by atoms with E-state index < -0.39 is 12.7 Å². The van der Waals surface area contributed by atoms with Crippen molar-refractivity contribution in [1.29, 1.82) is 0 Å². The Morgan fingerprint density at radius 3 is 2.46 bits per heavy atom. The molecule has 0 atom stereocenters. The smallest absolute Gasteiger partial charge is 0.401 e. The molecular weight excluding hydrogens is 461 g/mol. The van der Waals surface area contributed by atoms with E-state index in [9.17, 15) is 13.2 Å². The van der Waals surface area contributed by atoms with Crippen molar-refractivity contribution in [3.63, 3.8) is 0 Å². The van der Waals surface area contributed by atoms with E-state index in [4.69, 9.17) is 14.2 Å². The van der Waals surface area contributed by atoms with E-state index in [-0.39, 0.29) is 0 Å². The first-order valence-electron chi connectivity index (χ1n) is 11.4. The number of fused-ring (bicyclic) bond motifs is 1. The third-order valence-corrected chi connectivity index (χ3v) is 5.87. The average Bonchev–Trinajstić information content (AvgIpc) is 2.84. The van der Waals surface area contributed by atoms with E-state index in [0.717, 1.165) is 28.0 Å². The minimum atomic E-state index is -4.17. The summed E-state index contributed by atoms with van der Waals surface area (Å²) in [5.41, 5.74) is 3.39. The Morgan fingerprint density at radius 2 is 1.74 bits per heavy atom. The number of pyridine rings is 1. The SMILES string of the molecule is COCCOc1ccc(Nc2ccnc3cc(N4CCN(CC(F)(F)F)CC4)ccc23)c(OC)c1. The lowest BCUT2D eigenvalue weighted by Crippen LogP contribution is -2.49. The van der Waals surface area contributed by atoms with Crippen LogP contribution in [0.4, 0.5) is 30.2 Å². The molecule has 0 spiro atoms. The zero-order valence-electron chi connectivity index (χ0n) is 19.8. The number of rotatable bonds is 9. The number of piperazine rings is 1. The maximum absolute atomic E-state index is 12.7. The van der Waals surface area contributed by atoms with Gasteiger partial charge in [-0.1, -0.05) is 0 Å². The Bertz CT molecular complexity index is 1130. The lowest BCUT2D eigenvalue weighted by atomic mass is 10.1. The second kappa shape index (κ2) is 11.0. The molecule has 0 saturated carbocycles. The molecule has 1 fully saturated rings. The van der Waals surface area contributed by atoms with Crippen LogP contribution in [0.1, 0.15) is 0 Å². The van der Waals surface area contributed by atoms with Crippen molar-refractivity contribution in [2.45, 2.75) is 6.18 Å². The summed E-state index contributed by atoms with van der Waals surface area (Å²) in [5, 5.41) is 4.34. The lowest BCUT2D eigenvalue weighted by Gasteiger charge is -2.36. The molecule has 0 aliphatic carbocycles. The molecule has 2 aromatic carbocycles. The first-order chi connectivity index (χ1) is 16.9. The Hall–Kier alpha value is -3.24. The number of aromatic nitrogens is 1. The summed E-state index contributed by atoms with van der Waals surface area (Å²) in [4.78, 5) is 8.05. The molecule has 7 nitrogen and oxygen atoms in total. The van der Waals surface area contributed by atoms with Crippen LogP contribution in [-0.4, -0.2) is 76.2 Å². The van der Waals surface area contributed by atoms with Crippen molar-refractivity contribution in [3.8, 4) is 11.5 Å². The van der Waals surface area contributed by atoms with Gasteiger partial charge in [-0.15, -0.1) is 0 Å². The normalized spacial score (nSPS) is 14.8. The first-order valence-corrected chi connectivity index (χ1v) is 11.4. The summed E-state index contributed by atoms with van der Waals surface area (Å²) in [7, 11) is 3.22. The minimum Gasteiger partial charge on any atom is -0.494 e. The van der Waals surface area contributed by atoms with Gasteiger partial charge in [0.2, 0.25) is 0 Å². The van der Waals surface area contributed by atoms with Crippen LogP contribution in [0, 0.1) is 0 Å². The molecule has 10 heteroatoms. The topological polar surface area (TPSA) is 59.1 Å². The van der Waals surface area contributed by atoms with E-state index >= 15 is 0 Å². The van der Waals surface area contributed by atoms with Gasteiger partial charge >= 0.3 is 6.18 Å². The summed E-state index contributed by atoms with van der Waals surface area (Å²) in [5.74, 6) is 1.32. The fraction of sp³-hybridized carbons (Fsp3) is 0.400. The van der Waals surface area contributed by atoms with Gasteiger partial charge in [-0.2, -0.15) is 13.2 Å². The highest BCUT2D eigenvalue weighted by Gasteiger charge is 2.32. The number of hydrogen-bond donors (Lipinski definition) is 1. The fourth-order valence-electron chi connectivity index (χ4n) is 4.11. The molecule has 0 radical (unpaired) electrons. The van der Waals surface area contributed by atoms with Gasteiger partial charge in [-0.25, -0.2) is 0 Å². The fourth-order valence-corrected chi connectivity index (χ4v) is 4.11. The number of hydrogen-bond acceptors (Lipinski definition) is 7. The van der Waals surface area contributed by atoms with Crippen molar-refractivity contribution in [2.75, 3.05) is 70.4 Å². The Labute approximate surface area is 202 Å². The van der Waals surface area contributed by atoms with Crippen LogP contribution in [0.5, 0.6) is 11.5 Å². The predicted molar refractivity (Wildman–Crippen MR) is 130 cm³/mol. The zero-order valence-corrected chi connectivity index (χ0v) is 19.8. The maximum atomic E-state index is 12.7. The number of nitrogens with one attached hydrogen (secondary N) is 1. The van der Waals surface area contributed by atoms with E-state index in [1.54, 1.807) is 20.4 Å². The number of benzene rings is 2. The van der Waals surface area contributed by atoms with Gasteiger partial charge in [-0.05, 0) is 36.4 Å². The van der Waals surface area contributed by atoms with Gasteiger partial charge in [-0.3, -0.25) is 9.88 Å². The van der Waals surface area contributed by atoms with Crippen LogP contribution in [0.2, 0.25) is 0 Å². The van der Waals surface area contributed by atoms with Crippen LogP contribution in [-0.2, 0) is 4.74 Å². The highest BCUT2D eigenvalue weighted by atomic mass is 19.4. The second-order valence-electron chi connectivity index (χ2n) is 8.27. The Kier molecular flexibility index (Phi) is 7.82. The van der Waals surface area contributed by atoms with Crippen molar-refractivity contribution in [1.82, 2.24) is 9.88 Å². The zero-order chi connectivity index (χ0) is 24.8. The number of ether oxygens (including phenoxy) is 3. The van der Waals surface area contributed by atoms with Gasteiger partial charge in [0.05, 0.1) is 31.5 Å². The third kappa shape index (κ3) is 6.46. The highest BCUT2D eigenvalue weighted by molar-refractivity contribution is 5.95. The Morgan fingerprint density at radius 1 is 0.943 bits per heavy atom. The average molecular weight is 491 g/mol.